The Hall–Kier alpha value is -1.78. The third kappa shape index (κ3) is 2.32. The van der Waals surface area contributed by atoms with Crippen LogP contribution in [0.15, 0.2) is 18.2 Å². The number of hydrogen-bond acceptors (Lipinski definition) is 2. The summed E-state index contributed by atoms with van der Waals surface area (Å²) in [6.07, 6.45) is 0. The van der Waals surface area contributed by atoms with Gasteiger partial charge in [0.25, 0.3) is 5.91 Å². The molecule has 3 aromatic rings. The van der Waals surface area contributed by atoms with E-state index in [0.29, 0.717) is 5.02 Å². The third-order valence-electron chi connectivity index (χ3n) is 4.04. The molecule has 3 nitrogen and oxygen atoms in total. The summed E-state index contributed by atoms with van der Waals surface area (Å²) in [7, 11) is 0. The molecule has 0 bridgehead atoms. The van der Waals surface area contributed by atoms with Gasteiger partial charge in [0.2, 0.25) is 0 Å². The highest BCUT2D eigenvalue weighted by Crippen LogP contribution is 2.35. The van der Waals surface area contributed by atoms with Crippen LogP contribution in [0.25, 0.3) is 10.2 Å². The Kier molecular flexibility index (Phi) is 3.75. The zero-order chi connectivity index (χ0) is 16.0. The van der Waals surface area contributed by atoms with E-state index in [1.54, 1.807) is 11.3 Å². The first-order valence-corrected chi connectivity index (χ1v) is 8.24. The summed E-state index contributed by atoms with van der Waals surface area (Å²) in [5, 5.41) is 3.63. The van der Waals surface area contributed by atoms with Gasteiger partial charge in [0.15, 0.2) is 0 Å². The standard InChI is InChI=1S/C17H17ClN2OS/c1-8-10(3)19-15-14(11(4)22-16(8)15)17(21)20-13-7-5-6-12(18)9(13)2/h5-7,19H,1-4H3,(H,20,21). The topological polar surface area (TPSA) is 44.9 Å². The third-order valence-corrected chi connectivity index (χ3v) is 5.68. The number of H-pyrrole nitrogens is 1. The number of anilines is 1. The second kappa shape index (κ2) is 5.45. The summed E-state index contributed by atoms with van der Waals surface area (Å²) in [5.41, 5.74) is 5.58. The number of carbonyl (C=O) groups is 1. The van der Waals surface area contributed by atoms with Crippen LogP contribution in [0.2, 0.25) is 5.02 Å². The molecule has 0 aliphatic rings. The molecule has 0 atom stereocenters. The number of aromatic amines is 1. The van der Waals surface area contributed by atoms with Crippen molar-refractivity contribution in [3.05, 3.63) is 50.5 Å². The molecule has 114 valence electrons. The van der Waals surface area contributed by atoms with E-state index in [1.165, 1.54) is 5.56 Å². The highest BCUT2D eigenvalue weighted by Gasteiger charge is 2.20. The minimum absolute atomic E-state index is 0.102. The molecule has 1 aromatic carbocycles. The number of fused-ring (bicyclic) bond motifs is 1. The molecule has 2 heterocycles. The number of rotatable bonds is 2. The van der Waals surface area contributed by atoms with E-state index in [4.69, 9.17) is 11.6 Å². The lowest BCUT2D eigenvalue weighted by Crippen LogP contribution is -2.13. The van der Waals surface area contributed by atoms with Crippen LogP contribution in [0.4, 0.5) is 5.69 Å². The predicted octanol–water partition coefficient (Wildman–Crippen LogP) is 5.37. The summed E-state index contributed by atoms with van der Waals surface area (Å²) >= 11 is 7.77. The fourth-order valence-electron chi connectivity index (χ4n) is 2.58. The second-order valence-electron chi connectivity index (χ2n) is 5.48. The highest BCUT2D eigenvalue weighted by atomic mass is 35.5. The average Bonchev–Trinajstić information content (AvgIpc) is 2.91. The first kappa shape index (κ1) is 15.1. The van der Waals surface area contributed by atoms with Crippen molar-refractivity contribution in [1.29, 1.82) is 0 Å². The lowest BCUT2D eigenvalue weighted by Gasteiger charge is -2.09. The number of carbonyl (C=O) groups excluding carboxylic acids is 1. The first-order chi connectivity index (χ1) is 10.4. The Balaban J connectivity index is 2.04. The van der Waals surface area contributed by atoms with Crippen LogP contribution in [0.3, 0.4) is 0 Å². The minimum atomic E-state index is -0.102. The fourth-order valence-corrected chi connectivity index (χ4v) is 3.92. The van der Waals surface area contributed by atoms with Crippen LogP contribution < -0.4 is 5.32 Å². The van der Waals surface area contributed by atoms with Crippen molar-refractivity contribution in [3.63, 3.8) is 0 Å². The fraction of sp³-hybridized carbons (Fsp3) is 0.235. The molecule has 2 aromatic heterocycles. The predicted molar refractivity (Wildman–Crippen MR) is 94.5 cm³/mol. The van der Waals surface area contributed by atoms with Crippen LogP contribution in [-0.2, 0) is 0 Å². The monoisotopic (exact) mass is 332 g/mol. The molecule has 0 saturated carbocycles. The molecule has 0 fully saturated rings. The Labute approximate surface area is 138 Å². The molecule has 3 rings (SSSR count). The number of halogens is 1. The van der Waals surface area contributed by atoms with Gasteiger partial charge in [0.05, 0.1) is 15.8 Å². The number of aryl methyl sites for hydroxylation is 3. The maximum atomic E-state index is 12.7. The number of hydrogen-bond donors (Lipinski definition) is 2. The van der Waals surface area contributed by atoms with Crippen molar-refractivity contribution in [1.82, 2.24) is 4.98 Å². The number of thiophene rings is 1. The molecular weight excluding hydrogens is 316 g/mol. The molecule has 0 unspecified atom stereocenters. The summed E-state index contributed by atoms with van der Waals surface area (Å²) in [4.78, 5) is 17.1. The van der Waals surface area contributed by atoms with E-state index >= 15 is 0 Å². The van der Waals surface area contributed by atoms with Crippen molar-refractivity contribution < 1.29 is 4.79 Å². The summed E-state index contributed by atoms with van der Waals surface area (Å²) in [5.74, 6) is -0.102. The summed E-state index contributed by atoms with van der Waals surface area (Å²) < 4.78 is 1.16. The average molecular weight is 333 g/mol. The molecule has 22 heavy (non-hydrogen) atoms. The van der Waals surface area contributed by atoms with E-state index in [1.807, 2.05) is 39.0 Å². The molecule has 1 amide bonds. The van der Waals surface area contributed by atoms with E-state index < -0.39 is 0 Å². The maximum absolute atomic E-state index is 12.7. The first-order valence-electron chi connectivity index (χ1n) is 7.05. The Bertz CT molecular complexity index is 892. The van der Waals surface area contributed by atoms with Gasteiger partial charge in [0.1, 0.15) is 0 Å². The quantitative estimate of drug-likeness (QED) is 0.651. The molecule has 0 spiro atoms. The minimum Gasteiger partial charge on any atom is -0.357 e. The van der Waals surface area contributed by atoms with Crippen molar-refractivity contribution in [2.24, 2.45) is 0 Å². The normalized spacial score (nSPS) is 11.1. The molecular formula is C17H17ClN2OS. The zero-order valence-corrected chi connectivity index (χ0v) is 14.5. The highest BCUT2D eigenvalue weighted by molar-refractivity contribution is 7.19. The molecule has 5 heteroatoms. The second-order valence-corrected chi connectivity index (χ2v) is 7.11. The van der Waals surface area contributed by atoms with Crippen LogP contribution in [-0.4, -0.2) is 10.9 Å². The van der Waals surface area contributed by atoms with Gasteiger partial charge in [-0.1, -0.05) is 17.7 Å². The SMILES string of the molecule is Cc1[nH]c2c(C(=O)Nc3cccc(Cl)c3C)c(C)sc2c1C. The molecule has 0 saturated heterocycles. The van der Waals surface area contributed by atoms with Gasteiger partial charge < -0.3 is 10.3 Å². The molecule has 0 aliphatic heterocycles. The smallest absolute Gasteiger partial charge is 0.258 e. The van der Waals surface area contributed by atoms with Gasteiger partial charge in [-0.2, -0.15) is 0 Å². The number of aromatic nitrogens is 1. The van der Waals surface area contributed by atoms with Gasteiger partial charge in [-0.05, 0) is 51.0 Å². The van der Waals surface area contributed by atoms with Crippen LogP contribution in [0, 0.1) is 27.7 Å². The van der Waals surface area contributed by atoms with Crippen LogP contribution in [0.1, 0.15) is 32.1 Å². The summed E-state index contributed by atoms with van der Waals surface area (Å²) in [6.45, 7) is 7.98. The molecule has 2 N–H and O–H groups in total. The Morgan fingerprint density at radius 3 is 2.64 bits per heavy atom. The van der Waals surface area contributed by atoms with Gasteiger partial charge in [-0.15, -0.1) is 11.3 Å². The summed E-state index contributed by atoms with van der Waals surface area (Å²) in [6, 6.07) is 5.52. The van der Waals surface area contributed by atoms with Crippen molar-refractivity contribution in [2.45, 2.75) is 27.7 Å². The van der Waals surface area contributed by atoms with Crippen molar-refractivity contribution >= 4 is 44.7 Å². The molecule has 0 radical (unpaired) electrons. The van der Waals surface area contributed by atoms with E-state index in [9.17, 15) is 4.79 Å². The van der Waals surface area contributed by atoms with Crippen molar-refractivity contribution in [3.8, 4) is 0 Å². The van der Waals surface area contributed by atoms with Crippen LogP contribution in [0.5, 0.6) is 0 Å². The zero-order valence-electron chi connectivity index (χ0n) is 12.9. The largest absolute Gasteiger partial charge is 0.357 e. The lowest BCUT2D eigenvalue weighted by atomic mass is 10.1. The maximum Gasteiger partial charge on any atom is 0.258 e. The number of benzene rings is 1. The van der Waals surface area contributed by atoms with E-state index in [0.717, 1.165) is 37.6 Å². The van der Waals surface area contributed by atoms with Crippen molar-refractivity contribution in [2.75, 3.05) is 5.32 Å². The van der Waals surface area contributed by atoms with E-state index in [2.05, 4.69) is 17.2 Å². The Morgan fingerprint density at radius 2 is 1.91 bits per heavy atom. The lowest BCUT2D eigenvalue weighted by molar-refractivity contribution is 0.102. The van der Waals surface area contributed by atoms with Crippen LogP contribution >= 0.6 is 22.9 Å². The Morgan fingerprint density at radius 1 is 1.18 bits per heavy atom. The number of amides is 1. The van der Waals surface area contributed by atoms with E-state index in [-0.39, 0.29) is 5.91 Å². The van der Waals surface area contributed by atoms with Gasteiger partial charge in [0, 0.05) is 21.3 Å². The van der Waals surface area contributed by atoms with Gasteiger partial charge in [-0.3, -0.25) is 4.79 Å². The van der Waals surface area contributed by atoms with Gasteiger partial charge in [-0.25, -0.2) is 0 Å². The molecule has 0 aliphatic carbocycles. The number of nitrogens with one attached hydrogen (secondary N) is 2. The van der Waals surface area contributed by atoms with Gasteiger partial charge >= 0.3 is 0 Å².